The molecule has 5 heteroatoms. The van der Waals surface area contributed by atoms with Gasteiger partial charge >= 0.3 is 0 Å². The van der Waals surface area contributed by atoms with Crippen LogP contribution in [0.2, 0.25) is 0 Å². The van der Waals surface area contributed by atoms with E-state index in [1.807, 2.05) is 18.6 Å². The summed E-state index contributed by atoms with van der Waals surface area (Å²) in [7, 11) is 0. The molecule has 1 aromatic carbocycles. The average molecular weight is 284 g/mol. The number of H-pyrrole nitrogens is 1. The number of aryl methyl sites for hydroxylation is 1. The van der Waals surface area contributed by atoms with Crippen molar-refractivity contribution in [2.45, 2.75) is 19.9 Å². The maximum Gasteiger partial charge on any atom is 0.0924 e. The Labute approximate surface area is 121 Å². The van der Waals surface area contributed by atoms with Crippen molar-refractivity contribution in [3.8, 4) is 11.3 Å². The Morgan fingerprint density at radius 1 is 1.25 bits per heavy atom. The predicted molar refractivity (Wildman–Crippen MR) is 82.9 cm³/mol. The van der Waals surface area contributed by atoms with Gasteiger partial charge in [0.1, 0.15) is 0 Å². The molecule has 3 rings (SSSR count). The Balaban J connectivity index is 1.74. The van der Waals surface area contributed by atoms with Gasteiger partial charge in [-0.25, -0.2) is 9.97 Å². The van der Waals surface area contributed by atoms with E-state index in [0.717, 1.165) is 22.6 Å². The zero-order valence-electron chi connectivity index (χ0n) is 11.4. The number of aromatic nitrogens is 3. The Bertz CT molecular complexity index is 670. The van der Waals surface area contributed by atoms with E-state index in [9.17, 15) is 0 Å². The van der Waals surface area contributed by atoms with E-state index in [1.54, 1.807) is 17.7 Å². The Kier molecular flexibility index (Phi) is 3.52. The van der Waals surface area contributed by atoms with E-state index in [4.69, 9.17) is 0 Å². The zero-order chi connectivity index (χ0) is 13.9. The SMILES string of the molecule is Cc1ncsc1C(C)Nc1ccc(-c2cnc[nH]2)cc1. The molecular formula is C15H16N4S. The quantitative estimate of drug-likeness (QED) is 0.761. The second-order valence-electron chi connectivity index (χ2n) is 4.71. The van der Waals surface area contributed by atoms with Crippen LogP contribution in [0.5, 0.6) is 0 Å². The second kappa shape index (κ2) is 5.46. The van der Waals surface area contributed by atoms with Gasteiger partial charge in [0.05, 0.1) is 35.5 Å². The van der Waals surface area contributed by atoms with Crippen molar-refractivity contribution in [1.29, 1.82) is 0 Å². The number of aromatic amines is 1. The van der Waals surface area contributed by atoms with Gasteiger partial charge < -0.3 is 10.3 Å². The fourth-order valence-corrected chi connectivity index (χ4v) is 3.01. The Morgan fingerprint density at radius 3 is 2.65 bits per heavy atom. The first kappa shape index (κ1) is 12.9. The summed E-state index contributed by atoms with van der Waals surface area (Å²) in [4.78, 5) is 12.7. The summed E-state index contributed by atoms with van der Waals surface area (Å²) in [6.07, 6.45) is 3.52. The summed E-state index contributed by atoms with van der Waals surface area (Å²) < 4.78 is 0. The van der Waals surface area contributed by atoms with E-state index < -0.39 is 0 Å². The average Bonchev–Trinajstić information content (AvgIpc) is 3.10. The fraction of sp³-hybridized carbons (Fsp3) is 0.200. The Hall–Kier alpha value is -2.14. The van der Waals surface area contributed by atoms with Crippen molar-refractivity contribution in [2.75, 3.05) is 5.32 Å². The van der Waals surface area contributed by atoms with Gasteiger partial charge in [-0.15, -0.1) is 11.3 Å². The first-order valence-electron chi connectivity index (χ1n) is 6.49. The van der Waals surface area contributed by atoms with Crippen LogP contribution in [0, 0.1) is 6.92 Å². The Morgan fingerprint density at radius 2 is 2.05 bits per heavy atom. The third-order valence-electron chi connectivity index (χ3n) is 3.25. The van der Waals surface area contributed by atoms with E-state index in [2.05, 4.69) is 51.5 Å². The molecule has 0 aliphatic carbocycles. The van der Waals surface area contributed by atoms with Crippen LogP contribution in [-0.4, -0.2) is 15.0 Å². The van der Waals surface area contributed by atoms with Crippen molar-refractivity contribution in [3.05, 3.63) is 52.9 Å². The highest BCUT2D eigenvalue weighted by Crippen LogP contribution is 2.26. The van der Waals surface area contributed by atoms with Gasteiger partial charge in [0, 0.05) is 10.6 Å². The lowest BCUT2D eigenvalue weighted by atomic mass is 10.1. The summed E-state index contributed by atoms with van der Waals surface area (Å²) >= 11 is 1.69. The highest BCUT2D eigenvalue weighted by molar-refractivity contribution is 7.09. The van der Waals surface area contributed by atoms with Crippen LogP contribution < -0.4 is 5.32 Å². The normalized spacial score (nSPS) is 12.3. The van der Waals surface area contributed by atoms with Crippen molar-refractivity contribution >= 4 is 17.0 Å². The lowest BCUT2D eigenvalue weighted by Crippen LogP contribution is -2.06. The molecule has 0 aliphatic rings. The molecule has 3 aromatic rings. The summed E-state index contributed by atoms with van der Waals surface area (Å²) in [5.41, 5.74) is 6.26. The van der Waals surface area contributed by atoms with Crippen molar-refractivity contribution < 1.29 is 0 Å². The molecule has 0 saturated carbocycles. The predicted octanol–water partition coefficient (Wildman–Crippen LogP) is 4.01. The molecular weight excluding hydrogens is 268 g/mol. The lowest BCUT2D eigenvalue weighted by Gasteiger charge is -2.14. The van der Waals surface area contributed by atoms with E-state index >= 15 is 0 Å². The summed E-state index contributed by atoms with van der Waals surface area (Å²) in [6.45, 7) is 4.20. The molecule has 4 nitrogen and oxygen atoms in total. The number of thiazole rings is 1. The number of imidazole rings is 1. The molecule has 0 radical (unpaired) electrons. The molecule has 20 heavy (non-hydrogen) atoms. The molecule has 0 fully saturated rings. The molecule has 0 saturated heterocycles. The molecule has 0 bridgehead atoms. The van der Waals surface area contributed by atoms with Crippen LogP contribution in [0.1, 0.15) is 23.5 Å². The highest BCUT2D eigenvalue weighted by atomic mass is 32.1. The number of rotatable bonds is 4. The van der Waals surface area contributed by atoms with E-state index in [-0.39, 0.29) is 6.04 Å². The maximum atomic E-state index is 4.29. The summed E-state index contributed by atoms with van der Waals surface area (Å²) in [5, 5.41) is 3.50. The van der Waals surface area contributed by atoms with Gasteiger partial charge in [-0.1, -0.05) is 12.1 Å². The zero-order valence-corrected chi connectivity index (χ0v) is 12.2. The van der Waals surface area contributed by atoms with Gasteiger partial charge in [0.15, 0.2) is 0 Å². The molecule has 0 amide bonds. The number of benzene rings is 1. The largest absolute Gasteiger partial charge is 0.378 e. The molecule has 1 unspecified atom stereocenters. The number of hydrogen-bond donors (Lipinski definition) is 2. The number of anilines is 1. The van der Waals surface area contributed by atoms with Crippen LogP contribution in [0.3, 0.4) is 0 Å². The van der Waals surface area contributed by atoms with Gasteiger partial charge in [-0.05, 0) is 31.5 Å². The van der Waals surface area contributed by atoms with Gasteiger partial charge in [-0.2, -0.15) is 0 Å². The smallest absolute Gasteiger partial charge is 0.0924 e. The maximum absolute atomic E-state index is 4.29. The van der Waals surface area contributed by atoms with Crippen LogP contribution in [0.25, 0.3) is 11.3 Å². The van der Waals surface area contributed by atoms with Crippen molar-refractivity contribution in [2.24, 2.45) is 0 Å². The number of hydrogen-bond acceptors (Lipinski definition) is 4. The van der Waals surface area contributed by atoms with Crippen LogP contribution in [0.15, 0.2) is 42.3 Å². The van der Waals surface area contributed by atoms with Crippen molar-refractivity contribution in [1.82, 2.24) is 15.0 Å². The molecule has 0 spiro atoms. The highest BCUT2D eigenvalue weighted by Gasteiger charge is 2.10. The van der Waals surface area contributed by atoms with E-state index in [1.165, 1.54) is 4.88 Å². The lowest BCUT2D eigenvalue weighted by molar-refractivity contribution is 0.890. The summed E-state index contributed by atoms with van der Waals surface area (Å²) in [6, 6.07) is 8.61. The minimum Gasteiger partial charge on any atom is -0.378 e. The molecule has 2 aromatic heterocycles. The second-order valence-corrected chi connectivity index (χ2v) is 5.60. The first-order chi connectivity index (χ1) is 9.74. The standard InChI is InChI=1S/C15H16N4S/c1-10-15(20-9-18-10)11(2)19-13-5-3-12(4-6-13)14-7-16-8-17-14/h3-9,11,19H,1-2H3,(H,16,17). The summed E-state index contributed by atoms with van der Waals surface area (Å²) in [5.74, 6) is 0. The fourth-order valence-electron chi connectivity index (χ4n) is 2.20. The minimum atomic E-state index is 0.264. The number of nitrogens with one attached hydrogen (secondary N) is 2. The topological polar surface area (TPSA) is 53.6 Å². The third-order valence-corrected chi connectivity index (χ3v) is 4.37. The van der Waals surface area contributed by atoms with E-state index in [0.29, 0.717) is 0 Å². The van der Waals surface area contributed by atoms with Crippen LogP contribution in [-0.2, 0) is 0 Å². The molecule has 0 aliphatic heterocycles. The van der Waals surface area contributed by atoms with Crippen LogP contribution >= 0.6 is 11.3 Å². The number of nitrogens with zero attached hydrogens (tertiary/aromatic N) is 2. The van der Waals surface area contributed by atoms with Gasteiger partial charge in [-0.3, -0.25) is 0 Å². The third kappa shape index (κ3) is 2.58. The van der Waals surface area contributed by atoms with Crippen LogP contribution in [0.4, 0.5) is 5.69 Å². The monoisotopic (exact) mass is 284 g/mol. The first-order valence-corrected chi connectivity index (χ1v) is 7.37. The van der Waals surface area contributed by atoms with Crippen molar-refractivity contribution in [3.63, 3.8) is 0 Å². The molecule has 102 valence electrons. The minimum absolute atomic E-state index is 0.264. The van der Waals surface area contributed by atoms with Gasteiger partial charge in [0.25, 0.3) is 0 Å². The molecule has 2 N–H and O–H groups in total. The van der Waals surface area contributed by atoms with Gasteiger partial charge in [0.2, 0.25) is 0 Å². The molecule has 2 heterocycles. The molecule has 1 atom stereocenters.